The number of anilines is 1. The van der Waals surface area contributed by atoms with Crippen molar-refractivity contribution in [2.24, 2.45) is 0 Å². The topological polar surface area (TPSA) is 81.7 Å². The molecule has 0 aromatic carbocycles. The molecule has 0 bridgehead atoms. The van der Waals surface area contributed by atoms with E-state index in [0.717, 1.165) is 35.9 Å². The van der Waals surface area contributed by atoms with Crippen LogP contribution in [0.2, 0.25) is 0 Å². The van der Waals surface area contributed by atoms with E-state index in [1.54, 1.807) is 11.3 Å². The number of aromatic nitrogens is 5. The van der Waals surface area contributed by atoms with Crippen LogP contribution in [-0.2, 0) is 6.54 Å². The highest BCUT2D eigenvalue weighted by molar-refractivity contribution is 7.13. The smallest absolute Gasteiger partial charge is 0.297 e. The van der Waals surface area contributed by atoms with E-state index >= 15 is 0 Å². The molecule has 20 heavy (non-hydrogen) atoms. The molecule has 0 fully saturated rings. The molecule has 0 atom stereocenters. The van der Waals surface area contributed by atoms with Crippen molar-refractivity contribution >= 4 is 17.3 Å². The molecule has 0 saturated carbocycles. The van der Waals surface area contributed by atoms with Gasteiger partial charge in [0.25, 0.3) is 5.89 Å². The maximum atomic E-state index is 5.29. The quantitative estimate of drug-likeness (QED) is 0.778. The lowest BCUT2D eigenvalue weighted by Gasteiger charge is -2.12. The van der Waals surface area contributed by atoms with Crippen molar-refractivity contribution in [1.29, 1.82) is 0 Å². The summed E-state index contributed by atoms with van der Waals surface area (Å²) in [5.41, 5.74) is 1.14. The summed E-state index contributed by atoms with van der Waals surface area (Å²) in [5.74, 6) is 2.19. The normalized spacial score (nSPS) is 14.1. The second kappa shape index (κ2) is 4.41. The van der Waals surface area contributed by atoms with E-state index in [1.807, 2.05) is 23.1 Å². The molecule has 4 heterocycles. The zero-order valence-electron chi connectivity index (χ0n) is 10.8. The Balaban J connectivity index is 1.71. The summed E-state index contributed by atoms with van der Waals surface area (Å²) in [6, 6.07) is 2.04. The average molecular weight is 288 g/mol. The predicted molar refractivity (Wildman–Crippen MR) is 74.5 cm³/mol. The minimum absolute atomic E-state index is 0.358. The van der Waals surface area contributed by atoms with Crippen molar-refractivity contribution in [2.75, 3.05) is 11.9 Å². The van der Waals surface area contributed by atoms with Crippen LogP contribution < -0.4 is 5.32 Å². The van der Waals surface area contributed by atoms with Gasteiger partial charge < -0.3 is 9.84 Å². The Labute approximate surface area is 118 Å². The first-order valence-corrected chi connectivity index (χ1v) is 7.26. The molecular formula is C12H12N6OS. The maximum absolute atomic E-state index is 5.29. The van der Waals surface area contributed by atoms with Crippen LogP contribution in [0.5, 0.6) is 0 Å². The molecule has 1 aliphatic heterocycles. The number of fused-ring (bicyclic) bond motifs is 1. The van der Waals surface area contributed by atoms with Gasteiger partial charge in [-0.05, 0) is 30.4 Å². The number of thiophene rings is 1. The molecule has 1 aliphatic rings. The summed E-state index contributed by atoms with van der Waals surface area (Å²) in [7, 11) is 0. The molecule has 7 nitrogen and oxygen atoms in total. The lowest BCUT2D eigenvalue weighted by atomic mass is 10.3. The van der Waals surface area contributed by atoms with Gasteiger partial charge in [-0.1, -0.05) is 5.16 Å². The molecule has 0 saturated heterocycles. The molecule has 102 valence electrons. The fourth-order valence-corrected chi connectivity index (χ4v) is 3.01. The van der Waals surface area contributed by atoms with Crippen LogP contribution in [0.3, 0.4) is 0 Å². The Bertz CT molecular complexity index is 734. The van der Waals surface area contributed by atoms with Gasteiger partial charge in [-0.15, -0.1) is 16.4 Å². The van der Waals surface area contributed by atoms with Gasteiger partial charge in [0.05, 0.1) is 4.88 Å². The number of nitrogens with zero attached hydrogens (tertiary/aromatic N) is 5. The molecule has 0 unspecified atom stereocenters. The molecule has 4 rings (SSSR count). The van der Waals surface area contributed by atoms with Crippen LogP contribution in [0.25, 0.3) is 22.4 Å². The van der Waals surface area contributed by atoms with Crippen LogP contribution in [0.1, 0.15) is 12.0 Å². The van der Waals surface area contributed by atoms with Crippen molar-refractivity contribution in [3.05, 3.63) is 17.0 Å². The molecular weight excluding hydrogens is 276 g/mol. The Morgan fingerprint density at radius 2 is 2.30 bits per heavy atom. The standard InChI is InChI=1S/C12H12N6OS/c1-7-3-6-20-8(7)9-14-11(19-17-9)10-15-12-13-4-2-5-18(12)16-10/h3,6H,2,4-5H2,1H3,(H,13,15,16). The first-order chi connectivity index (χ1) is 9.81. The summed E-state index contributed by atoms with van der Waals surface area (Å²) < 4.78 is 7.12. The van der Waals surface area contributed by atoms with E-state index < -0.39 is 0 Å². The Kier molecular flexibility index (Phi) is 2.56. The Morgan fingerprint density at radius 1 is 1.35 bits per heavy atom. The van der Waals surface area contributed by atoms with Crippen molar-refractivity contribution in [3.63, 3.8) is 0 Å². The van der Waals surface area contributed by atoms with Crippen LogP contribution in [0.15, 0.2) is 16.0 Å². The van der Waals surface area contributed by atoms with Gasteiger partial charge >= 0.3 is 0 Å². The van der Waals surface area contributed by atoms with Crippen LogP contribution >= 0.6 is 11.3 Å². The lowest BCUT2D eigenvalue weighted by Crippen LogP contribution is -2.17. The molecule has 0 aliphatic carbocycles. The minimum atomic E-state index is 0.358. The number of nitrogens with one attached hydrogen (secondary N) is 1. The third-order valence-electron chi connectivity index (χ3n) is 3.18. The number of hydrogen-bond donors (Lipinski definition) is 1. The largest absolute Gasteiger partial charge is 0.354 e. The first-order valence-electron chi connectivity index (χ1n) is 6.38. The van der Waals surface area contributed by atoms with Crippen molar-refractivity contribution in [1.82, 2.24) is 24.9 Å². The molecule has 0 radical (unpaired) electrons. The Morgan fingerprint density at radius 3 is 3.10 bits per heavy atom. The van der Waals surface area contributed by atoms with E-state index in [2.05, 4.69) is 25.5 Å². The predicted octanol–water partition coefficient (Wildman–Crippen LogP) is 2.18. The third kappa shape index (κ3) is 1.80. The molecule has 1 N–H and O–H groups in total. The number of aryl methyl sites for hydroxylation is 2. The van der Waals surface area contributed by atoms with E-state index in [-0.39, 0.29) is 0 Å². The average Bonchev–Trinajstić information content (AvgIpc) is 3.15. The van der Waals surface area contributed by atoms with E-state index in [1.165, 1.54) is 0 Å². The van der Waals surface area contributed by atoms with Crippen LogP contribution in [0, 0.1) is 6.92 Å². The third-order valence-corrected chi connectivity index (χ3v) is 4.20. The van der Waals surface area contributed by atoms with Crippen molar-refractivity contribution in [3.8, 4) is 22.4 Å². The minimum Gasteiger partial charge on any atom is -0.354 e. The van der Waals surface area contributed by atoms with Gasteiger partial charge in [-0.3, -0.25) is 0 Å². The van der Waals surface area contributed by atoms with Crippen LogP contribution in [-0.4, -0.2) is 31.4 Å². The van der Waals surface area contributed by atoms with Gasteiger partial charge in [0, 0.05) is 13.1 Å². The van der Waals surface area contributed by atoms with E-state index in [4.69, 9.17) is 4.52 Å². The first kappa shape index (κ1) is 11.6. The molecule has 0 amide bonds. The van der Waals surface area contributed by atoms with E-state index in [9.17, 15) is 0 Å². The SMILES string of the molecule is Cc1ccsc1-c1noc(-c2nc3n(n2)CCCN3)n1. The summed E-state index contributed by atoms with van der Waals surface area (Å²) in [6.07, 6.45) is 1.04. The monoisotopic (exact) mass is 288 g/mol. The zero-order valence-corrected chi connectivity index (χ0v) is 11.6. The van der Waals surface area contributed by atoms with Crippen LogP contribution in [0.4, 0.5) is 5.95 Å². The highest BCUT2D eigenvalue weighted by Gasteiger charge is 2.20. The van der Waals surface area contributed by atoms with Gasteiger partial charge in [0.2, 0.25) is 17.6 Å². The fourth-order valence-electron chi connectivity index (χ4n) is 2.16. The summed E-state index contributed by atoms with van der Waals surface area (Å²) in [6.45, 7) is 3.81. The summed E-state index contributed by atoms with van der Waals surface area (Å²) >= 11 is 1.60. The van der Waals surface area contributed by atoms with Gasteiger partial charge in [-0.2, -0.15) is 9.97 Å². The van der Waals surface area contributed by atoms with Crippen molar-refractivity contribution in [2.45, 2.75) is 19.9 Å². The van der Waals surface area contributed by atoms with E-state index in [0.29, 0.717) is 17.5 Å². The number of hydrogen-bond acceptors (Lipinski definition) is 7. The van der Waals surface area contributed by atoms with Gasteiger partial charge in [0.15, 0.2) is 0 Å². The number of rotatable bonds is 2. The Hall–Kier alpha value is -2.22. The molecule has 3 aromatic heterocycles. The second-order valence-electron chi connectivity index (χ2n) is 4.62. The molecule has 3 aromatic rings. The summed E-state index contributed by atoms with van der Waals surface area (Å²) in [5, 5.41) is 13.6. The second-order valence-corrected chi connectivity index (χ2v) is 5.53. The van der Waals surface area contributed by atoms with Gasteiger partial charge in [-0.25, -0.2) is 4.68 Å². The lowest BCUT2D eigenvalue weighted by molar-refractivity contribution is 0.429. The molecule has 8 heteroatoms. The highest BCUT2D eigenvalue weighted by atomic mass is 32.1. The van der Waals surface area contributed by atoms with Crippen molar-refractivity contribution < 1.29 is 4.52 Å². The summed E-state index contributed by atoms with van der Waals surface area (Å²) in [4.78, 5) is 9.80. The fraction of sp³-hybridized carbons (Fsp3) is 0.333. The maximum Gasteiger partial charge on any atom is 0.297 e. The highest BCUT2D eigenvalue weighted by Crippen LogP contribution is 2.28. The van der Waals surface area contributed by atoms with Gasteiger partial charge in [0.1, 0.15) is 0 Å². The molecule has 0 spiro atoms. The zero-order chi connectivity index (χ0) is 13.5.